The minimum absolute atomic E-state index is 0.199. The van der Waals surface area contributed by atoms with Gasteiger partial charge in [-0.2, -0.15) is 4.31 Å². The van der Waals surface area contributed by atoms with Crippen LogP contribution in [-0.4, -0.2) is 44.9 Å². The van der Waals surface area contributed by atoms with Gasteiger partial charge in [0.15, 0.2) is 0 Å². The number of ether oxygens (including phenoxy) is 1. The van der Waals surface area contributed by atoms with Gasteiger partial charge in [-0.1, -0.05) is 35.9 Å². The highest BCUT2D eigenvalue weighted by atomic mass is 32.2. The van der Waals surface area contributed by atoms with Gasteiger partial charge in [-0.15, -0.1) is 0 Å². The molecule has 0 saturated carbocycles. The summed E-state index contributed by atoms with van der Waals surface area (Å²) < 4.78 is 31.9. The lowest BCUT2D eigenvalue weighted by molar-refractivity contribution is -0.116. The lowest BCUT2D eigenvalue weighted by Gasteiger charge is -2.26. The minimum atomic E-state index is -3.50. The third-order valence-electron chi connectivity index (χ3n) is 4.84. The van der Waals surface area contributed by atoms with Gasteiger partial charge in [-0.25, -0.2) is 8.42 Å². The van der Waals surface area contributed by atoms with Crippen molar-refractivity contribution in [2.45, 2.75) is 25.3 Å². The molecule has 3 rings (SSSR count). The molecule has 0 unspecified atom stereocenters. The van der Waals surface area contributed by atoms with Crippen LogP contribution in [-0.2, 0) is 26.1 Å². The van der Waals surface area contributed by atoms with Crippen LogP contribution in [0.15, 0.2) is 53.4 Å². The van der Waals surface area contributed by atoms with E-state index in [4.69, 9.17) is 4.74 Å². The van der Waals surface area contributed by atoms with Crippen molar-refractivity contribution in [2.75, 3.05) is 26.3 Å². The zero-order valence-electron chi connectivity index (χ0n) is 16.7. The Hall–Kier alpha value is -2.48. The van der Waals surface area contributed by atoms with Crippen molar-refractivity contribution < 1.29 is 17.9 Å². The molecule has 29 heavy (non-hydrogen) atoms. The molecule has 1 fully saturated rings. The van der Waals surface area contributed by atoms with E-state index in [2.05, 4.69) is 11.4 Å². The molecule has 0 radical (unpaired) electrons. The summed E-state index contributed by atoms with van der Waals surface area (Å²) in [6.07, 6.45) is 3.30. The maximum atomic E-state index is 12.6. The number of morpholine rings is 1. The predicted octanol–water partition coefficient (Wildman–Crippen LogP) is 2.65. The van der Waals surface area contributed by atoms with Crippen molar-refractivity contribution in [3.05, 3.63) is 70.8 Å². The van der Waals surface area contributed by atoms with E-state index < -0.39 is 10.0 Å². The molecule has 0 aromatic heterocycles. The van der Waals surface area contributed by atoms with Gasteiger partial charge in [-0.05, 0) is 48.7 Å². The molecule has 0 aliphatic carbocycles. The summed E-state index contributed by atoms with van der Waals surface area (Å²) in [4.78, 5) is 12.3. The van der Waals surface area contributed by atoms with Gasteiger partial charge in [0.1, 0.15) is 0 Å². The van der Waals surface area contributed by atoms with Gasteiger partial charge in [0.25, 0.3) is 0 Å². The number of amides is 1. The second kappa shape index (κ2) is 9.35. The molecule has 1 amide bonds. The van der Waals surface area contributed by atoms with Crippen LogP contribution in [0.2, 0.25) is 0 Å². The quantitative estimate of drug-likeness (QED) is 0.738. The number of aryl methyl sites for hydroxylation is 2. The number of hydrogen-bond donors (Lipinski definition) is 1. The molecular formula is C22H26N2O4S. The highest BCUT2D eigenvalue weighted by molar-refractivity contribution is 7.89. The lowest BCUT2D eigenvalue weighted by atomic mass is 10.1. The summed E-state index contributed by atoms with van der Waals surface area (Å²) in [7, 11) is -3.50. The Balaban J connectivity index is 1.57. The number of nitrogens with zero attached hydrogens (tertiary/aromatic N) is 1. The molecule has 0 spiro atoms. The van der Waals surface area contributed by atoms with E-state index in [1.807, 2.05) is 26.0 Å². The summed E-state index contributed by atoms with van der Waals surface area (Å²) in [5.41, 5.74) is 4.14. The first-order valence-electron chi connectivity index (χ1n) is 9.56. The molecule has 7 heteroatoms. The molecule has 1 heterocycles. The molecule has 154 valence electrons. The van der Waals surface area contributed by atoms with Crippen LogP contribution in [0.5, 0.6) is 0 Å². The number of hydrogen-bond acceptors (Lipinski definition) is 4. The van der Waals surface area contributed by atoms with Gasteiger partial charge in [0.2, 0.25) is 15.9 Å². The number of carbonyl (C=O) groups is 1. The third kappa shape index (κ3) is 5.53. The Morgan fingerprint density at radius 2 is 1.79 bits per heavy atom. The Kier molecular flexibility index (Phi) is 6.84. The standard InChI is InChI=1S/C22H26N2O4S/c1-17-3-6-20(18(2)15-17)7-10-22(25)23-16-19-4-8-21(9-5-19)29(26,27)24-11-13-28-14-12-24/h3-10,15H,11-14,16H2,1-2H3,(H,23,25)/b10-7+. The molecule has 1 aliphatic rings. The normalized spacial score (nSPS) is 15.5. The smallest absolute Gasteiger partial charge is 0.244 e. The predicted molar refractivity (Wildman–Crippen MR) is 113 cm³/mol. The summed E-state index contributed by atoms with van der Waals surface area (Å²) in [6.45, 7) is 5.94. The van der Waals surface area contributed by atoms with Crippen molar-refractivity contribution >= 4 is 22.0 Å². The van der Waals surface area contributed by atoms with Crippen LogP contribution in [0.3, 0.4) is 0 Å². The lowest BCUT2D eigenvalue weighted by Crippen LogP contribution is -2.40. The van der Waals surface area contributed by atoms with Crippen molar-refractivity contribution in [3.8, 4) is 0 Å². The summed E-state index contributed by atoms with van der Waals surface area (Å²) >= 11 is 0. The molecule has 0 atom stereocenters. The molecule has 6 nitrogen and oxygen atoms in total. The average Bonchev–Trinajstić information content (AvgIpc) is 2.72. The largest absolute Gasteiger partial charge is 0.379 e. The van der Waals surface area contributed by atoms with E-state index in [-0.39, 0.29) is 10.8 Å². The Bertz CT molecular complexity index is 992. The molecule has 2 aromatic carbocycles. The minimum Gasteiger partial charge on any atom is -0.379 e. The van der Waals surface area contributed by atoms with Gasteiger partial charge < -0.3 is 10.1 Å². The van der Waals surface area contributed by atoms with E-state index in [0.29, 0.717) is 32.8 Å². The first kappa shape index (κ1) is 21.2. The van der Waals surface area contributed by atoms with Gasteiger partial charge in [-0.3, -0.25) is 4.79 Å². The van der Waals surface area contributed by atoms with Crippen molar-refractivity contribution in [3.63, 3.8) is 0 Å². The fourth-order valence-corrected chi connectivity index (χ4v) is 4.55. The van der Waals surface area contributed by atoms with Crippen molar-refractivity contribution in [1.82, 2.24) is 9.62 Å². The average molecular weight is 415 g/mol. The number of rotatable bonds is 6. The van der Waals surface area contributed by atoms with Gasteiger partial charge in [0.05, 0.1) is 18.1 Å². The monoisotopic (exact) mass is 414 g/mol. The number of nitrogens with one attached hydrogen (secondary N) is 1. The van der Waals surface area contributed by atoms with Crippen LogP contribution >= 0.6 is 0 Å². The van der Waals surface area contributed by atoms with E-state index in [1.165, 1.54) is 15.9 Å². The molecule has 1 aliphatic heterocycles. The van der Waals surface area contributed by atoms with E-state index in [0.717, 1.165) is 16.7 Å². The van der Waals surface area contributed by atoms with Crippen LogP contribution < -0.4 is 5.32 Å². The second-order valence-electron chi connectivity index (χ2n) is 7.07. The van der Waals surface area contributed by atoms with Crippen LogP contribution in [0.1, 0.15) is 22.3 Å². The fourth-order valence-electron chi connectivity index (χ4n) is 3.14. The number of carbonyl (C=O) groups excluding carboxylic acids is 1. The topological polar surface area (TPSA) is 75.7 Å². The van der Waals surface area contributed by atoms with Crippen molar-refractivity contribution in [2.24, 2.45) is 0 Å². The van der Waals surface area contributed by atoms with Crippen LogP contribution in [0.25, 0.3) is 6.08 Å². The van der Waals surface area contributed by atoms with Crippen LogP contribution in [0, 0.1) is 13.8 Å². The SMILES string of the molecule is Cc1ccc(/C=C/C(=O)NCc2ccc(S(=O)(=O)N3CCOCC3)cc2)c(C)c1. The molecule has 1 saturated heterocycles. The molecule has 2 aromatic rings. The highest BCUT2D eigenvalue weighted by Crippen LogP contribution is 2.18. The first-order valence-corrected chi connectivity index (χ1v) is 11.0. The first-order chi connectivity index (χ1) is 13.9. The Morgan fingerprint density at radius 1 is 1.10 bits per heavy atom. The molecule has 1 N–H and O–H groups in total. The summed E-state index contributed by atoms with van der Waals surface area (Å²) in [6, 6.07) is 12.7. The summed E-state index contributed by atoms with van der Waals surface area (Å²) in [5, 5.41) is 2.82. The van der Waals surface area contributed by atoms with E-state index >= 15 is 0 Å². The van der Waals surface area contributed by atoms with E-state index in [1.54, 1.807) is 30.3 Å². The second-order valence-corrected chi connectivity index (χ2v) is 9.01. The van der Waals surface area contributed by atoms with Gasteiger partial charge >= 0.3 is 0 Å². The zero-order chi connectivity index (χ0) is 20.9. The maximum Gasteiger partial charge on any atom is 0.244 e. The number of benzene rings is 2. The highest BCUT2D eigenvalue weighted by Gasteiger charge is 2.25. The molecule has 0 bridgehead atoms. The molecular weight excluding hydrogens is 388 g/mol. The maximum absolute atomic E-state index is 12.6. The Morgan fingerprint density at radius 3 is 2.45 bits per heavy atom. The number of sulfonamides is 1. The Labute approximate surface area is 172 Å². The fraction of sp³-hybridized carbons (Fsp3) is 0.318. The zero-order valence-corrected chi connectivity index (χ0v) is 17.5. The summed E-state index contributed by atoms with van der Waals surface area (Å²) in [5.74, 6) is -0.199. The van der Waals surface area contributed by atoms with Gasteiger partial charge in [0, 0.05) is 25.7 Å². The van der Waals surface area contributed by atoms with Crippen LogP contribution in [0.4, 0.5) is 0 Å². The van der Waals surface area contributed by atoms with Crippen molar-refractivity contribution in [1.29, 1.82) is 0 Å². The van der Waals surface area contributed by atoms with E-state index in [9.17, 15) is 13.2 Å². The third-order valence-corrected chi connectivity index (χ3v) is 6.75.